The number of ketones is 1. The highest BCUT2D eigenvalue weighted by molar-refractivity contribution is 5.80. The zero-order valence-electron chi connectivity index (χ0n) is 22.8. The summed E-state index contributed by atoms with van der Waals surface area (Å²) in [6.07, 6.45) is -8.98. The Morgan fingerprint density at radius 1 is 1.50 bits per heavy atom. The summed E-state index contributed by atoms with van der Waals surface area (Å²) < 4.78 is 129. The molecule has 0 aromatic rings. The summed E-state index contributed by atoms with van der Waals surface area (Å²) in [5, 5.41) is 9.34. The van der Waals surface area contributed by atoms with E-state index < -0.39 is 62.1 Å². The summed E-state index contributed by atoms with van der Waals surface area (Å²) in [6.45, 7) is -17.8. The first-order valence-corrected chi connectivity index (χ1v) is 2.83. The number of hydrogen-bond donors (Lipinski definition) is 1. The molecule has 1 aliphatic rings. The van der Waals surface area contributed by atoms with Gasteiger partial charge in [-0.15, -0.1) is 0 Å². The van der Waals surface area contributed by atoms with Gasteiger partial charge in [-0.1, -0.05) is 0 Å². The number of nitrogens with one attached hydrogen (secondary N) is 1. The lowest BCUT2D eigenvalue weighted by Crippen LogP contribution is -3.23. The molecule has 1 saturated heterocycles. The predicted molar refractivity (Wildman–Crippen MR) is 46.7 cm³/mol. The van der Waals surface area contributed by atoms with E-state index in [1.807, 2.05) is 0 Å². The van der Waals surface area contributed by atoms with Gasteiger partial charge in [0.2, 0.25) is 0 Å². The van der Waals surface area contributed by atoms with E-state index in [0.717, 1.165) is 0 Å². The Hall–Kier alpha value is -0.410. The van der Waals surface area contributed by atoms with Gasteiger partial charge >= 0.3 is 1.41 Å². The van der Waals surface area contributed by atoms with E-state index in [4.69, 9.17) is 23.3 Å². The average Bonchev–Trinajstić information content (AvgIpc) is 2.27. The average molecular weight is 188 g/mol. The molecule has 1 N–H and O–H groups in total. The molecule has 0 bridgehead atoms. The van der Waals surface area contributed by atoms with Crippen molar-refractivity contribution in [2.45, 2.75) is 51.2 Å². The van der Waals surface area contributed by atoms with Crippen molar-refractivity contribution in [3.8, 4) is 0 Å². The maximum atomic E-state index is 13.5. The van der Waals surface area contributed by atoms with Crippen LogP contribution in [-0.4, -0.2) is 16.9 Å². The maximum Gasteiger partial charge on any atom is 0.349 e. The third-order valence-corrected chi connectivity index (χ3v) is 1.20. The lowest BCUT2D eigenvalue weighted by molar-refractivity contribution is -0.950. The lowest BCUT2D eigenvalue weighted by Gasteiger charge is -2.51. The molecule has 0 aromatic heterocycles. The van der Waals surface area contributed by atoms with Crippen LogP contribution in [0.2, 0.25) is 1.41 Å². The monoisotopic (exact) mass is 188 g/mol. The molecule has 0 aliphatic carbocycles. The molecular formula is C9H17NO2. The van der Waals surface area contributed by atoms with Gasteiger partial charge in [-0.25, -0.2) is 0 Å². The minimum atomic E-state index is -4.81. The normalized spacial score (nSPS) is 65.1. The topological polar surface area (TPSA) is 44.6 Å². The highest BCUT2D eigenvalue weighted by Gasteiger charge is 2.44. The fourth-order valence-electron chi connectivity index (χ4n) is 0.713. The molecule has 1 heterocycles. The van der Waals surface area contributed by atoms with Crippen LogP contribution >= 0.6 is 0 Å². The highest BCUT2D eigenvalue weighted by Crippen LogP contribution is 2.19. The Morgan fingerprint density at radius 3 is 2.25 bits per heavy atom. The van der Waals surface area contributed by atoms with Crippen molar-refractivity contribution in [2.24, 2.45) is 0 Å². The third-order valence-electron chi connectivity index (χ3n) is 1.20. The number of carbonyl (C=O) groups is 1. The van der Waals surface area contributed by atoms with E-state index in [1.165, 1.54) is 0 Å². The van der Waals surface area contributed by atoms with Gasteiger partial charge in [0.1, 0.15) is 5.78 Å². The second-order valence-electron chi connectivity index (χ2n) is 2.29. The Balaban J connectivity index is 4.60. The molecule has 0 aromatic carbocycles. The van der Waals surface area contributed by atoms with Crippen molar-refractivity contribution in [1.82, 2.24) is 0 Å². The van der Waals surface area contributed by atoms with Gasteiger partial charge in [0.05, 0.1) is 23.8 Å². The second-order valence-corrected chi connectivity index (χ2v) is 2.29. The number of Topliss-reactive ketones (excluding diaryl/α,β-unsaturated/α-hetero) is 1. The smallest absolute Gasteiger partial charge is 0.349 e. The number of rotatable bonds is 0. The van der Waals surface area contributed by atoms with Crippen molar-refractivity contribution in [3.05, 3.63) is 5.21 Å². The maximum absolute atomic E-state index is 13.5. The van der Waals surface area contributed by atoms with Gasteiger partial charge in [0.15, 0.2) is 0 Å². The second kappa shape index (κ2) is 2.54. The molecule has 1 aliphatic heterocycles. The summed E-state index contributed by atoms with van der Waals surface area (Å²) in [4.78, 5) is 12.7. The van der Waals surface area contributed by atoms with Crippen LogP contribution in [0.5, 0.6) is 0 Å². The third kappa shape index (κ3) is 1.52. The summed E-state index contributed by atoms with van der Waals surface area (Å²) in [7, 11) is 0. The van der Waals surface area contributed by atoms with Gasteiger partial charge in [0.25, 0.3) is 0 Å². The number of hydrogen-bond acceptors (Lipinski definition) is 2. The van der Waals surface area contributed by atoms with Crippen LogP contribution in [0.3, 0.4) is 0 Å². The van der Waals surface area contributed by atoms with Crippen molar-refractivity contribution in [3.63, 3.8) is 0 Å². The molecule has 0 atom stereocenters. The molecule has 70 valence electrons. The minimum Gasteiger partial charge on any atom is -0.634 e. The molecule has 0 unspecified atom stereocenters. The standard InChI is InChI=1S/C9H17NO2/c1-8(2)5-7(11)6-9(3,4)10(8)12/h10H,5-6H2,1-4H3/i1D3,2D3,3D3,4D3,5D2,6D2,10D. The molecule has 1 rings (SSSR count). The summed E-state index contributed by atoms with van der Waals surface area (Å²) >= 11 is 0. The van der Waals surface area contributed by atoms with Gasteiger partial charge in [-0.05, 0) is 27.4 Å². The van der Waals surface area contributed by atoms with E-state index in [-0.39, 0.29) is 0 Å². The molecule has 3 heteroatoms. The summed E-state index contributed by atoms with van der Waals surface area (Å²) in [5.74, 6) is -2.68. The first-order valence-electron chi connectivity index (χ1n) is 11.3. The largest absolute Gasteiger partial charge is 0.634 e. The van der Waals surface area contributed by atoms with Crippen molar-refractivity contribution in [1.29, 1.82) is 0 Å². The Morgan fingerprint density at radius 2 is 1.92 bits per heavy atom. The summed E-state index contributed by atoms with van der Waals surface area (Å²) in [6, 6.07) is 0. The Bertz CT molecular complexity index is 608. The molecule has 0 amide bonds. The van der Waals surface area contributed by atoms with Crippen LogP contribution in [0.1, 0.15) is 62.1 Å². The number of hydroxylamine groups is 2. The quantitative estimate of drug-likeness (QED) is 0.555. The van der Waals surface area contributed by atoms with Crippen molar-refractivity contribution < 1.29 is 33.2 Å². The minimum absolute atomic E-state index is 2.68. The fourth-order valence-corrected chi connectivity index (χ4v) is 0.713. The van der Waals surface area contributed by atoms with Crippen LogP contribution in [0.15, 0.2) is 0 Å². The van der Waals surface area contributed by atoms with E-state index in [1.54, 1.807) is 0 Å². The van der Waals surface area contributed by atoms with Crippen LogP contribution in [0.4, 0.5) is 0 Å². The van der Waals surface area contributed by atoms with Crippen LogP contribution in [-0.2, 0) is 4.79 Å². The van der Waals surface area contributed by atoms with E-state index >= 15 is 0 Å². The number of carbonyl (C=O) groups excluding carboxylic acids is 1. The zero-order valence-corrected chi connectivity index (χ0v) is 5.76. The van der Waals surface area contributed by atoms with Crippen molar-refractivity contribution in [2.75, 3.05) is 0 Å². The Labute approximate surface area is 97.3 Å². The predicted octanol–water partition coefficient (Wildman–Crippen LogP) is 0.289. The van der Waals surface area contributed by atoms with Gasteiger partial charge in [-0.3, -0.25) is 4.79 Å². The van der Waals surface area contributed by atoms with Gasteiger partial charge in [0, 0.05) is 21.9 Å². The Kier molecular flexibility index (Phi) is 0.336. The van der Waals surface area contributed by atoms with E-state index in [0.29, 0.717) is 0 Å². The zero-order chi connectivity index (χ0) is 24.1. The lowest BCUT2D eigenvalue weighted by atomic mass is 9.81. The van der Waals surface area contributed by atoms with Gasteiger partial charge < -0.3 is 10.3 Å². The van der Waals surface area contributed by atoms with Crippen LogP contribution in [0.25, 0.3) is 0 Å². The number of piperidine rings is 1. The van der Waals surface area contributed by atoms with Gasteiger partial charge in [-0.2, -0.15) is 0 Å². The SMILES string of the molecule is [2H]C([2H])([2H])C1(C([2H])([2H])[2H])C([2H])([2H])C(=O)C([2H])([2H])C(C([2H])([2H])[2H])(C([2H])([2H])[2H])[N+]1([2H])[O-]. The fraction of sp³-hybridized carbons (Fsp3) is 0.889. The van der Waals surface area contributed by atoms with Crippen LogP contribution in [0, 0.1) is 5.21 Å². The van der Waals surface area contributed by atoms with E-state index in [9.17, 15) is 10.0 Å². The molecular weight excluding hydrogens is 154 g/mol. The highest BCUT2D eigenvalue weighted by atomic mass is 16.5. The van der Waals surface area contributed by atoms with Crippen LogP contribution < -0.4 is 5.06 Å². The first kappa shape index (κ1) is 1.59. The molecule has 0 saturated carbocycles. The number of quaternary nitrogens is 1. The van der Waals surface area contributed by atoms with Crippen molar-refractivity contribution >= 4 is 5.78 Å². The van der Waals surface area contributed by atoms with E-state index in [2.05, 4.69) is 0 Å². The molecule has 0 radical (unpaired) electrons. The molecule has 0 spiro atoms. The summed E-state index contributed by atoms with van der Waals surface area (Å²) in [5.41, 5.74) is -9.61. The molecule has 12 heavy (non-hydrogen) atoms. The molecule has 3 nitrogen and oxygen atoms in total. The molecule has 1 fully saturated rings. The first-order chi connectivity index (χ1) is 12.2.